The summed E-state index contributed by atoms with van der Waals surface area (Å²) in [5.74, 6) is -0.122. The minimum atomic E-state index is -0.381. The molecule has 0 fully saturated rings. The van der Waals surface area contributed by atoms with Gasteiger partial charge in [-0.05, 0) is 39.7 Å². The predicted molar refractivity (Wildman–Crippen MR) is 74.4 cm³/mol. The number of nitrogens with zero attached hydrogens (tertiary/aromatic N) is 1. The van der Waals surface area contributed by atoms with E-state index in [4.69, 9.17) is 4.74 Å². The highest BCUT2D eigenvalue weighted by Crippen LogP contribution is 2.27. The molecule has 1 heterocycles. The first-order valence-electron chi connectivity index (χ1n) is 6.67. The number of hydrogen-bond acceptors (Lipinski definition) is 3. The zero-order chi connectivity index (χ0) is 14.7. The van der Waals surface area contributed by atoms with Gasteiger partial charge in [-0.3, -0.25) is 4.79 Å². The molecule has 0 aliphatic carbocycles. The van der Waals surface area contributed by atoms with Crippen LogP contribution in [0.5, 0.6) is 0 Å². The Morgan fingerprint density at radius 1 is 1.32 bits per heavy atom. The van der Waals surface area contributed by atoms with Gasteiger partial charge in [-0.25, -0.2) is 4.79 Å². The Morgan fingerprint density at radius 3 is 2.26 bits per heavy atom. The van der Waals surface area contributed by atoms with E-state index >= 15 is 0 Å². The van der Waals surface area contributed by atoms with Gasteiger partial charge in [0.2, 0.25) is 0 Å². The van der Waals surface area contributed by atoms with E-state index in [0.717, 1.165) is 11.4 Å². The summed E-state index contributed by atoms with van der Waals surface area (Å²) >= 11 is 0. The van der Waals surface area contributed by atoms with Crippen LogP contribution in [0, 0.1) is 19.8 Å². The highest BCUT2D eigenvalue weighted by molar-refractivity contribution is 5.95. The summed E-state index contributed by atoms with van der Waals surface area (Å²) in [6, 6.07) is 1.46. The van der Waals surface area contributed by atoms with E-state index in [1.165, 1.54) is 0 Å². The van der Waals surface area contributed by atoms with Gasteiger partial charge in [-0.2, -0.15) is 0 Å². The topological polar surface area (TPSA) is 48.3 Å². The Hall–Kier alpha value is -1.58. The van der Waals surface area contributed by atoms with Gasteiger partial charge in [0.05, 0.1) is 6.61 Å². The fourth-order valence-corrected chi connectivity index (χ4v) is 2.46. The Labute approximate surface area is 114 Å². The average molecular weight is 265 g/mol. The van der Waals surface area contributed by atoms with Crippen molar-refractivity contribution >= 4 is 11.8 Å². The summed E-state index contributed by atoms with van der Waals surface area (Å²) in [6.07, 6.45) is 0. The highest BCUT2D eigenvalue weighted by Gasteiger charge is 2.29. The van der Waals surface area contributed by atoms with Gasteiger partial charge in [0.15, 0.2) is 5.78 Å². The summed E-state index contributed by atoms with van der Waals surface area (Å²) in [6.45, 7) is 11.4. The molecule has 1 rings (SSSR count). The Kier molecular flexibility index (Phi) is 4.92. The molecule has 0 aromatic carbocycles. The van der Waals surface area contributed by atoms with Gasteiger partial charge in [0.25, 0.3) is 0 Å². The van der Waals surface area contributed by atoms with Crippen LogP contribution in [0.15, 0.2) is 6.07 Å². The monoisotopic (exact) mass is 265 g/mol. The molecule has 0 saturated carbocycles. The molecular weight excluding hydrogens is 242 g/mol. The number of esters is 1. The van der Waals surface area contributed by atoms with Crippen molar-refractivity contribution in [3.8, 4) is 0 Å². The van der Waals surface area contributed by atoms with E-state index in [1.54, 1.807) is 13.8 Å². The molecule has 0 radical (unpaired) electrons. The molecule has 19 heavy (non-hydrogen) atoms. The SMILES string of the molecule is CCOC(=O)[C@H](C(C)C)n1c(C)cc(C(C)=O)c1C. The highest BCUT2D eigenvalue weighted by atomic mass is 16.5. The van der Waals surface area contributed by atoms with Gasteiger partial charge < -0.3 is 9.30 Å². The minimum Gasteiger partial charge on any atom is -0.464 e. The lowest BCUT2D eigenvalue weighted by Crippen LogP contribution is -2.28. The molecule has 1 atom stereocenters. The zero-order valence-corrected chi connectivity index (χ0v) is 12.6. The van der Waals surface area contributed by atoms with Crippen molar-refractivity contribution in [2.45, 2.75) is 47.6 Å². The molecule has 0 saturated heterocycles. The average Bonchev–Trinajstić information content (AvgIpc) is 2.57. The van der Waals surface area contributed by atoms with E-state index in [0.29, 0.717) is 12.2 Å². The van der Waals surface area contributed by atoms with Gasteiger partial charge in [-0.1, -0.05) is 13.8 Å². The first kappa shape index (κ1) is 15.5. The number of Topliss-reactive ketones (excluding diaryl/α,β-unsaturated/α-hetero) is 1. The van der Waals surface area contributed by atoms with Crippen molar-refractivity contribution in [3.63, 3.8) is 0 Å². The van der Waals surface area contributed by atoms with E-state index in [1.807, 2.05) is 38.3 Å². The van der Waals surface area contributed by atoms with Crippen molar-refractivity contribution in [3.05, 3.63) is 23.0 Å². The first-order valence-corrected chi connectivity index (χ1v) is 6.67. The minimum absolute atomic E-state index is 0.0192. The van der Waals surface area contributed by atoms with Crippen molar-refractivity contribution in [2.24, 2.45) is 5.92 Å². The number of hydrogen-bond donors (Lipinski definition) is 0. The van der Waals surface area contributed by atoms with Crippen LogP contribution in [-0.2, 0) is 9.53 Å². The van der Waals surface area contributed by atoms with Crippen molar-refractivity contribution in [2.75, 3.05) is 6.61 Å². The number of ether oxygens (including phenoxy) is 1. The standard InChI is InChI=1S/C15H23NO3/c1-7-19-15(18)14(9(2)3)16-10(4)8-13(11(16)5)12(6)17/h8-9,14H,7H2,1-6H3/t14-/m0/s1. The largest absolute Gasteiger partial charge is 0.464 e. The molecule has 0 aliphatic heterocycles. The van der Waals surface area contributed by atoms with Crippen LogP contribution in [0.4, 0.5) is 0 Å². The Morgan fingerprint density at radius 2 is 1.89 bits per heavy atom. The number of carbonyl (C=O) groups excluding carboxylic acids is 2. The second-order valence-electron chi connectivity index (χ2n) is 5.15. The van der Waals surface area contributed by atoms with Gasteiger partial charge in [0.1, 0.15) is 6.04 Å². The maximum atomic E-state index is 12.1. The number of aromatic nitrogens is 1. The maximum Gasteiger partial charge on any atom is 0.329 e. The summed E-state index contributed by atoms with van der Waals surface area (Å²) in [7, 11) is 0. The normalized spacial score (nSPS) is 12.6. The summed E-state index contributed by atoms with van der Waals surface area (Å²) < 4.78 is 7.07. The summed E-state index contributed by atoms with van der Waals surface area (Å²) in [5, 5.41) is 0. The molecule has 4 heteroatoms. The van der Waals surface area contributed by atoms with E-state index in [-0.39, 0.29) is 23.7 Å². The number of carbonyl (C=O) groups is 2. The van der Waals surface area contributed by atoms with Crippen molar-refractivity contribution in [1.29, 1.82) is 0 Å². The number of ketones is 1. The fraction of sp³-hybridized carbons (Fsp3) is 0.600. The third kappa shape index (κ3) is 3.06. The molecule has 0 unspecified atom stereocenters. The predicted octanol–water partition coefficient (Wildman–Crippen LogP) is 3.07. The summed E-state index contributed by atoms with van der Waals surface area (Å²) in [4.78, 5) is 23.7. The number of rotatable bonds is 5. The van der Waals surface area contributed by atoms with Crippen LogP contribution < -0.4 is 0 Å². The maximum absolute atomic E-state index is 12.1. The quantitative estimate of drug-likeness (QED) is 0.607. The second-order valence-corrected chi connectivity index (χ2v) is 5.15. The molecule has 0 spiro atoms. The lowest BCUT2D eigenvalue weighted by Gasteiger charge is -2.24. The van der Waals surface area contributed by atoms with Crippen LogP contribution in [0.2, 0.25) is 0 Å². The zero-order valence-electron chi connectivity index (χ0n) is 12.6. The third-order valence-corrected chi connectivity index (χ3v) is 3.30. The van der Waals surface area contributed by atoms with Gasteiger partial charge >= 0.3 is 5.97 Å². The molecule has 4 nitrogen and oxygen atoms in total. The fourth-order valence-electron chi connectivity index (χ4n) is 2.46. The number of aryl methyl sites for hydroxylation is 1. The summed E-state index contributed by atoms with van der Waals surface area (Å²) in [5.41, 5.74) is 2.42. The van der Waals surface area contributed by atoms with Gasteiger partial charge in [0, 0.05) is 17.0 Å². The van der Waals surface area contributed by atoms with Crippen LogP contribution in [0.1, 0.15) is 55.5 Å². The molecule has 0 N–H and O–H groups in total. The molecule has 1 aromatic rings. The second kappa shape index (κ2) is 6.04. The third-order valence-electron chi connectivity index (χ3n) is 3.30. The molecule has 1 aromatic heterocycles. The lowest BCUT2D eigenvalue weighted by atomic mass is 10.0. The Bertz CT molecular complexity index is 486. The molecular formula is C15H23NO3. The van der Waals surface area contributed by atoms with E-state index in [2.05, 4.69) is 0 Å². The molecule has 106 valence electrons. The van der Waals surface area contributed by atoms with Crippen molar-refractivity contribution in [1.82, 2.24) is 4.57 Å². The van der Waals surface area contributed by atoms with E-state index in [9.17, 15) is 9.59 Å². The van der Waals surface area contributed by atoms with Crippen molar-refractivity contribution < 1.29 is 14.3 Å². The first-order chi connectivity index (χ1) is 8.81. The molecule has 0 aliphatic rings. The van der Waals surface area contributed by atoms with Crippen LogP contribution in [0.25, 0.3) is 0 Å². The molecule has 0 amide bonds. The Balaban J connectivity index is 3.31. The lowest BCUT2D eigenvalue weighted by molar-refractivity contribution is -0.148. The smallest absolute Gasteiger partial charge is 0.329 e. The van der Waals surface area contributed by atoms with Crippen LogP contribution in [0.3, 0.4) is 0 Å². The van der Waals surface area contributed by atoms with Crippen LogP contribution >= 0.6 is 0 Å². The van der Waals surface area contributed by atoms with Gasteiger partial charge in [-0.15, -0.1) is 0 Å². The molecule has 0 bridgehead atoms. The van der Waals surface area contributed by atoms with E-state index < -0.39 is 0 Å². The van der Waals surface area contributed by atoms with Crippen LogP contribution in [-0.4, -0.2) is 22.9 Å².